The second-order valence-corrected chi connectivity index (χ2v) is 3.50. The van der Waals surface area contributed by atoms with Gasteiger partial charge in [0.05, 0.1) is 0 Å². The van der Waals surface area contributed by atoms with Crippen LogP contribution in [0.4, 0.5) is 0 Å². The van der Waals surface area contributed by atoms with E-state index in [-0.39, 0.29) is 25.0 Å². The molecule has 0 saturated carbocycles. The number of nitrogens with two attached hydrogens (primary N) is 1. The molecule has 0 radical (unpaired) electrons. The standard InChI is InChI=1S/C9H19NO3/c1-6(2)7(3)13-9(12)8(10)4-5-11/h6-8,11H,4-5,10H2,1-3H3. The lowest BCUT2D eigenvalue weighted by molar-refractivity contribution is -0.152. The minimum atomic E-state index is -0.703. The lowest BCUT2D eigenvalue weighted by Crippen LogP contribution is -2.36. The summed E-state index contributed by atoms with van der Waals surface area (Å²) in [6.07, 6.45) is 0.126. The van der Waals surface area contributed by atoms with Crippen LogP contribution in [0.5, 0.6) is 0 Å². The maximum absolute atomic E-state index is 11.2. The Bertz CT molecular complexity index is 159. The van der Waals surface area contributed by atoms with E-state index in [4.69, 9.17) is 15.6 Å². The highest BCUT2D eigenvalue weighted by molar-refractivity contribution is 5.75. The predicted molar refractivity (Wildman–Crippen MR) is 50.1 cm³/mol. The fourth-order valence-electron chi connectivity index (χ4n) is 0.664. The molecule has 4 nitrogen and oxygen atoms in total. The normalized spacial score (nSPS) is 15.5. The van der Waals surface area contributed by atoms with Crippen LogP contribution >= 0.6 is 0 Å². The van der Waals surface area contributed by atoms with Gasteiger partial charge in [-0.15, -0.1) is 0 Å². The van der Waals surface area contributed by atoms with Crippen molar-refractivity contribution < 1.29 is 14.6 Å². The van der Waals surface area contributed by atoms with Crippen molar-refractivity contribution >= 4 is 5.97 Å². The van der Waals surface area contributed by atoms with Crippen LogP contribution in [0.25, 0.3) is 0 Å². The third kappa shape index (κ3) is 4.85. The van der Waals surface area contributed by atoms with Gasteiger partial charge >= 0.3 is 5.97 Å². The van der Waals surface area contributed by atoms with Crippen LogP contribution in [0.15, 0.2) is 0 Å². The van der Waals surface area contributed by atoms with Crippen LogP contribution in [0.2, 0.25) is 0 Å². The monoisotopic (exact) mass is 189 g/mol. The van der Waals surface area contributed by atoms with Crippen molar-refractivity contribution in [2.75, 3.05) is 6.61 Å². The molecule has 0 aliphatic carbocycles. The Morgan fingerprint density at radius 2 is 2.00 bits per heavy atom. The SMILES string of the molecule is CC(C)C(C)OC(=O)C(N)CCO. The number of rotatable bonds is 5. The fraction of sp³-hybridized carbons (Fsp3) is 0.889. The number of esters is 1. The van der Waals surface area contributed by atoms with E-state index in [9.17, 15) is 4.79 Å². The second kappa shape index (κ2) is 5.94. The third-order valence-electron chi connectivity index (χ3n) is 1.98. The number of hydrogen-bond donors (Lipinski definition) is 2. The van der Waals surface area contributed by atoms with Gasteiger partial charge in [0.2, 0.25) is 0 Å². The Morgan fingerprint density at radius 3 is 2.38 bits per heavy atom. The van der Waals surface area contributed by atoms with Crippen LogP contribution in [0, 0.1) is 5.92 Å². The molecule has 0 amide bonds. The van der Waals surface area contributed by atoms with Gasteiger partial charge in [0.25, 0.3) is 0 Å². The molecule has 0 aromatic heterocycles. The zero-order chi connectivity index (χ0) is 10.4. The Balaban J connectivity index is 3.85. The van der Waals surface area contributed by atoms with Crippen molar-refractivity contribution in [1.82, 2.24) is 0 Å². The molecule has 0 fully saturated rings. The smallest absolute Gasteiger partial charge is 0.323 e. The Hall–Kier alpha value is -0.610. The molecular formula is C9H19NO3. The topological polar surface area (TPSA) is 72.5 Å². The van der Waals surface area contributed by atoms with Gasteiger partial charge in [0.1, 0.15) is 12.1 Å². The lowest BCUT2D eigenvalue weighted by atomic mass is 10.1. The number of carbonyl (C=O) groups excluding carboxylic acids is 1. The van der Waals surface area contributed by atoms with E-state index in [0.29, 0.717) is 0 Å². The minimum absolute atomic E-state index is 0.0909. The van der Waals surface area contributed by atoms with Gasteiger partial charge in [0.15, 0.2) is 0 Å². The first kappa shape index (κ1) is 12.4. The molecule has 0 heterocycles. The first-order chi connectivity index (χ1) is 5.99. The highest BCUT2D eigenvalue weighted by Crippen LogP contribution is 2.06. The summed E-state index contributed by atoms with van der Waals surface area (Å²) in [4.78, 5) is 11.2. The second-order valence-electron chi connectivity index (χ2n) is 3.50. The molecule has 2 unspecified atom stereocenters. The van der Waals surface area contributed by atoms with Gasteiger partial charge in [-0.25, -0.2) is 0 Å². The lowest BCUT2D eigenvalue weighted by Gasteiger charge is -2.18. The molecule has 0 rings (SSSR count). The maximum atomic E-state index is 11.2. The molecule has 13 heavy (non-hydrogen) atoms. The van der Waals surface area contributed by atoms with Crippen molar-refractivity contribution in [2.45, 2.75) is 39.3 Å². The van der Waals surface area contributed by atoms with Crippen molar-refractivity contribution in [3.8, 4) is 0 Å². The molecular weight excluding hydrogens is 170 g/mol. The third-order valence-corrected chi connectivity index (χ3v) is 1.98. The van der Waals surface area contributed by atoms with Gasteiger partial charge in [-0.2, -0.15) is 0 Å². The number of carbonyl (C=O) groups is 1. The average molecular weight is 189 g/mol. The summed E-state index contributed by atoms with van der Waals surface area (Å²) in [5.74, 6) is -0.152. The molecule has 3 N–H and O–H groups in total. The van der Waals surface area contributed by atoms with Crippen LogP contribution in [0.3, 0.4) is 0 Å². The molecule has 2 atom stereocenters. The van der Waals surface area contributed by atoms with Crippen molar-refractivity contribution in [2.24, 2.45) is 11.7 Å². The molecule has 0 aromatic carbocycles. The first-order valence-electron chi connectivity index (χ1n) is 4.56. The number of aliphatic hydroxyl groups excluding tert-OH is 1. The Morgan fingerprint density at radius 1 is 1.46 bits per heavy atom. The summed E-state index contributed by atoms with van der Waals surface area (Å²) in [7, 11) is 0. The van der Waals surface area contributed by atoms with E-state index in [1.54, 1.807) is 0 Å². The zero-order valence-corrected chi connectivity index (χ0v) is 8.49. The van der Waals surface area contributed by atoms with Crippen LogP contribution in [0.1, 0.15) is 27.2 Å². The Kier molecular flexibility index (Phi) is 5.66. The van der Waals surface area contributed by atoms with Crippen LogP contribution in [-0.2, 0) is 9.53 Å². The molecule has 4 heteroatoms. The minimum Gasteiger partial charge on any atom is -0.461 e. The van der Waals surface area contributed by atoms with Crippen molar-refractivity contribution in [3.05, 3.63) is 0 Å². The van der Waals surface area contributed by atoms with Gasteiger partial charge in [-0.1, -0.05) is 13.8 Å². The largest absolute Gasteiger partial charge is 0.461 e. The molecule has 0 spiro atoms. The van der Waals surface area contributed by atoms with Gasteiger partial charge in [-0.3, -0.25) is 4.79 Å². The van der Waals surface area contributed by atoms with Crippen LogP contribution < -0.4 is 5.73 Å². The highest BCUT2D eigenvalue weighted by Gasteiger charge is 2.18. The van der Waals surface area contributed by atoms with Crippen LogP contribution in [-0.4, -0.2) is 29.8 Å². The predicted octanol–water partition coefficient (Wildman–Crippen LogP) is 0.284. The summed E-state index contributed by atoms with van der Waals surface area (Å²) in [5.41, 5.74) is 5.44. The molecule has 0 aromatic rings. The maximum Gasteiger partial charge on any atom is 0.323 e. The fourth-order valence-corrected chi connectivity index (χ4v) is 0.664. The Labute approximate surface area is 79.1 Å². The molecule has 0 saturated heterocycles. The summed E-state index contributed by atoms with van der Waals surface area (Å²) in [6, 6.07) is -0.703. The summed E-state index contributed by atoms with van der Waals surface area (Å²) < 4.78 is 5.05. The van der Waals surface area contributed by atoms with E-state index in [1.165, 1.54) is 0 Å². The summed E-state index contributed by atoms with van der Waals surface area (Å²) >= 11 is 0. The molecule has 78 valence electrons. The molecule has 0 aliphatic rings. The van der Waals surface area contributed by atoms with Gasteiger partial charge < -0.3 is 15.6 Å². The molecule has 0 bridgehead atoms. The van der Waals surface area contributed by atoms with E-state index in [1.807, 2.05) is 20.8 Å². The van der Waals surface area contributed by atoms with E-state index in [0.717, 1.165) is 0 Å². The average Bonchev–Trinajstić information content (AvgIpc) is 2.04. The number of aliphatic hydroxyl groups is 1. The highest BCUT2D eigenvalue weighted by atomic mass is 16.5. The number of hydrogen-bond acceptors (Lipinski definition) is 4. The quantitative estimate of drug-likeness (QED) is 0.609. The molecule has 0 aliphatic heterocycles. The summed E-state index contributed by atoms with van der Waals surface area (Å²) in [5, 5.41) is 8.54. The zero-order valence-electron chi connectivity index (χ0n) is 8.49. The van der Waals surface area contributed by atoms with E-state index in [2.05, 4.69) is 0 Å². The van der Waals surface area contributed by atoms with Gasteiger partial charge in [-0.05, 0) is 19.3 Å². The van der Waals surface area contributed by atoms with Crippen molar-refractivity contribution in [3.63, 3.8) is 0 Å². The van der Waals surface area contributed by atoms with Gasteiger partial charge in [0, 0.05) is 6.61 Å². The number of ether oxygens (including phenoxy) is 1. The van der Waals surface area contributed by atoms with Crippen molar-refractivity contribution in [1.29, 1.82) is 0 Å². The first-order valence-corrected chi connectivity index (χ1v) is 4.56. The summed E-state index contributed by atoms with van der Waals surface area (Å²) in [6.45, 7) is 5.67. The van der Waals surface area contributed by atoms with E-state index >= 15 is 0 Å². The van der Waals surface area contributed by atoms with E-state index < -0.39 is 12.0 Å².